The summed E-state index contributed by atoms with van der Waals surface area (Å²) in [5, 5.41) is 2.58. The molecule has 156 valence electrons. The minimum Gasteiger partial charge on any atom is -0.457 e. The molecule has 1 N–H and O–H groups in total. The van der Waals surface area contributed by atoms with Gasteiger partial charge in [0.05, 0.1) is 10.5 Å². The number of carbonyl (C=O) groups excluding carboxylic acids is 1. The van der Waals surface area contributed by atoms with Crippen LogP contribution in [0.25, 0.3) is 0 Å². The van der Waals surface area contributed by atoms with Gasteiger partial charge in [-0.3, -0.25) is 4.79 Å². The predicted octanol–water partition coefficient (Wildman–Crippen LogP) is 5.15. The summed E-state index contributed by atoms with van der Waals surface area (Å²) >= 11 is 0. The molecule has 0 aliphatic carbocycles. The lowest BCUT2D eigenvalue weighted by molar-refractivity contribution is -0.137. The molecule has 9 heteroatoms. The smallest absolute Gasteiger partial charge is 0.416 e. The van der Waals surface area contributed by atoms with Crippen LogP contribution in [0, 0.1) is 0 Å². The molecule has 0 bridgehead atoms. The number of halogens is 3. The highest BCUT2D eigenvalue weighted by Crippen LogP contribution is 2.32. The Kier molecular flexibility index (Phi) is 5.84. The van der Waals surface area contributed by atoms with Gasteiger partial charge in [0, 0.05) is 17.5 Å². The van der Waals surface area contributed by atoms with E-state index in [1.807, 2.05) is 0 Å². The molecule has 0 fully saturated rings. The van der Waals surface area contributed by atoms with Gasteiger partial charge in [-0.15, -0.1) is 0 Å². The number of amides is 1. The second-order valence-electron chi connectivity index (χ2n) is 6.41. The summed E-state index contributed by atoms with van der Waals surface area (Å²) in [6.07, 6.45) is -3.44. The molecule has 3 rings (SSSR count). The normalized spacial score (nSPS) is 11.7. The van der Waals surface area contributed by atoms with Crippen LogP contribution in [0.15, 0.2) is 77.7 Å². The van der Waals surface area contributed by atoms with Crippen molar-refractivity contribution in [3.8, 4) is 11.5 Å². The lowest BCUT2D eigenvalue weighted by atomic mass is 10.2. The van der Waals surface area contributed by atoms with Gasteiger partial charge >= 0.3 is 6.18 Å². The first-order valence-electron chi connectivity index (χ1n) is 8.59. The number of hydrogen-bond acceptors (Lipinski definition) is 4. The Morgan fingerprint density at radius 2 is 1.53 bits per heavy atom. The van der Waals surface area contributed by atoms with Crippen molar-refractivity contribution in [2.45, 2.75) is 11.1 Å². The van der Waals surface area contributed by atoms with Crippen molar-refractivity contribution in [2.75, 3.05) is 11.6 Å². The van der Waals surface area contributed by atoms with Gasteiger partial charge in [-0.05, 0) is 54.6 Å². The van der Waals surface area contributed by atoms with Crippen molar-refractivity contribution < 1.29 is 31.1 Å². The average Bonchev–Trinajstić information content (AvgIpc) is 2.67. The van der Waals surface area contributed by atoms with E-state index in [1.54, 1.807) is 0 Å². The monoisotopic (exact) mass is 435 g/mol. The van der Waals surface area contributed by atoms with Crippen molar-refractivity contribution in [3.63, 3.8) is 0 Å². The molecule has 0 aliphatic rings. The van der Waals surface area contributed by atoms with E-state index in [9.17, 15) is 26.4 Å². The zero-order valence-corrected chi connectivity index (χ0v) is 16.4. The number of benzene rings is 3. The minimum absolute atomic E-state index is 0.0248. The van der Waals surface area contributed by atoms with Crippen molar-refractivity contribution in [1.82, 2.24) is 0 Å². The third-order valence-electron chi connectivity index (χ3n) is 4.01. The molecule has 0 heterocycles. The third kappa shape index (κ3) is 5.38. The Morgan fingerprint density at radius 1 is 0.900 bits per heavy atom. The highest BCUT2D eigenvalue weighted by Gasteiger charge is 2.30. The van der Waals surface area contributed by atoms with E-state index in [1.165, 1.54) is 60.7 Å². The molecule has 0 saturated heterocycles. The van der Waals surface area contributed by atoms with Crippen molar-refractivity contribution >= 4 is 21.4 Å². The molecule has 3 aromatic rings. The van der Waals surface area contributed by atoms with Crippen LogP contribution < -0.4 is 10.1 Å². The Morgan fingerprint density at radius 3 is 2.20 bits per heavy atom. The molecule has 0 radical (unpaired) electrons. The molecule has 0 atom stereocenters. The highest BCUT2D eigenvalue weighted by molar-refractivity contribution is 7.90. The van der Waals surface area contributed by atoms with E-state index in [0.717, 1.165) is 18.4 Å². The summed E-state index contributed by atoms with van der Waals surface area (Å²) in [4.78, 5) is 12.6. The van der Waals surface area contributed by atoms with Crippen LogP contribution in [0.2, 0.25) is 0 Å². The molecule has 0 unspecified atom stereocenters. The van der Waals surface area contributed by atoms with Crippen LogP contribution in [0.1, 0.15) is 15.9 Å². The fourth-order valence-corrected chi connectivity index (χ4v) is 3.25. The van der Waals surface area contributed by atoms with Gasteiger partial charge in [0.2, 0.25) is 0 Å². The molecule has 30 heavy (non-hydrogen) atoms. The fourth-order valence-electron chi connectivity index (χ4n) is 2.58. The van der Waals surface area contributed by atoms with Gasteiger partial charge in [-0.25, -0.2) is 8.42 Å². The molecule has 0 saturated carbocycles. The predicted molar refractivity (Wildman–Crippen MR) is 105 cm³/mol. The van der Waals surface area contributed by atoms with Gasteiger partial charge in [-0.1, -0.05) is 18.2 Å². The number of alkyl halides is 3. The van der Waals surface area contributed by atoms with E-state index in [4.69, 9.17) is 4.74 Å². The van der Waals surface area contributed by atoms with Crippen LogP contribution in [0.3, 0.4) is 0 Å². The summed E-state index contributed by atoms with van der Waals surface area (Å²) < 4.78 is 67.3. The number of nitrogens with one attached hydrogen (secondary N) is 1. The summed E-state index contributed by atoms with van der Waals surface area (Å²) in [7, 11) is -3.43. The number of ether oxygens (including phenoxy) is 1. The minimum atomic E-state index is -4.50. The van der Waals surface area contributed by atoms with Crippen molar-refractivity contribution in [3.05, 3.63) is 83.9 Å². The van der Waals surface area contributed by atoms with Crippen LogP contribution >= 0.6 is 0 Å². The lowest BCUT2D eigenvalue weighted by Gasteiger charge is -2.11. The first-order chi connectivity index (χ1) is 14.0. The van der Waals surface area contributed by atoms with Gasteiger partial charge in [0.25, 0.3) is 5.91 Å². The molecular formula is C21H16F3NO4S. The first-order valence-corrected chi connectivity index (χ1v) is 10.5. The Hall–Kier alpha value is -3.33. The quantitative estimate of drug-likeness (QED) is 0.601. The third-order valence-corrected chi connectivity index (χ3v) is 5.12. The van der Waals surface area contributed by atoms with Crippen LogP contribution in [-0.2, 0) is 16.0 Å². The highest BCUT2D eigenvalue weighted by atomic mass is 32.2. The van der Waals surface area contributed by atoms with Gasteiger partial charge in [0.1, 0.15) is 11.5 Å². The molecule has 0 spiro atoms. The number of rotatable bonds is 5. The summed E-state index contributed by atoms with van der Waals surface area (Å²) in [5.41, 5.74) is -0.379. The van der Waals surface area contributed by atoms with Gasteiger partial charge in [0.15, 0.2) is 9.84 Å². The van der Waals surface area contributed by atoms with Gasteiger partial charge < -0.3 is 10.1 Å². The number of hydrogen-bond donors (Lipinski definition) is 1. The fraction of sp³-hybridized carbons (Fsp3) is 0.0952. The van der Waals surface area contributed by atoms with Crippen LogP contribution in [0.5, 0.6) is 11.5 Å². The second-order valence-corrected chi connectivity index (χ2v) is 8.43. The Balaban J connectivity index is 1.78. The number of carbonyl (C=O) groups is 1. The van der Waals surface area contributed by atoms with E-state index < -0.39 is 27.5 Å². The second kappa shape index (κ2) is 8.19. The molecular weight excluding hydrogens is 419 g/mol. The average molecular weight is 435 g/mol. The summed E-state index contributed by atoms with van der Waals surface area (Å²) in [6.45, 7) is 0. The standard InChI is InChI=1S/C21H16F3NO4S/c1-30(27,28)19-10-4-7-16(13-19)25-20(26)14-5-2-8-17(11-14)29-18-9-3-6-15(12-18)21(22,23)24/h2-13H,1H3,(H,25,26). The van der Waals surface area contributed by atoms with Crippen LogP contribution in [-0.4, -0.2) is 20.6 Å². The Bertz CT molecular complexity index is 1190. The summed E-state index contributed by atoms with van der Waals surface area (Å²) in [5.74, 6) is -0.384. The number of sulfone groups is 1. The van der Waals surface area contributed by atoms with E-state index in [0.29, 0.717) is 0 Å². The molecule has 0 aromatic heterocycles. The number of anilines is 1. The first kappa shape index (κ1) is 21.4. The summed E-state index contributed by atoms with van der Waals surface area (Å²) in [6, 6.07) is 16.1. The molecule has 1 amide bonds. The molecule has 0 aliphatic heterocycles. The largest absolute Gasteiger partial charge is 0.457 e. The maximum absolute atomic E-state index is 12.8. The topological polar surface area (TPSA) is 72.5 Å². The SMILES string of the molecule is CS(=O)(=O)c1cccc(NC(=O)c2cccc(Oc3cccc(C(F)(F)F)c3)c2)c1. The molecule has 5 nitrogen and oxygen atoms in total. The van der Waals surface area contributed by atoms with Crippen molar-refractivity contribution in [1.29, 1.82) is 0 Å². The zero-order valence-electron chi connectivity index (χ0n) is 15.6. The maximum atomic E-state index is 12.8. The van der Waals surface area contributed by atoms with Gasteiger partial charge in [-0.2, -0.15) is 13.2 Å². The van der Waals surface area contributed by atoms with E-state index in [-0.39, 0.29) is 27.6 Å². The maximum Gasteiger partial charge on any atom is 0.416 e. The molecule has 3 aromatic carbocycles. The Labute approximate surface area is 171 Å². The van der Waals surface area contributed by atoms with Crippen molar-refractivity contribution in [2.24, 2.45) is 0 Å². The van der Waals surface area contributed by atoms with Crippen LogP contribution in [0.4, 0.5) is 18.9 Å². The lowest BCUT2D eigenvalue weighted by Crippen LogP contribution is -2.12. The van der Waals surface area contributed by atoms with E-state index >= 15 is 0 Å². The van der Waals surface area contributed by atoms with E-state index in [2.05, 4.69) is 5.32 Å². The zero-order chi connectivity index (χ0) is 21.9.